The smallest absolute Gasteiger partial charge is 0.245 e. The normalized spacial score (nSPS) is 21.2. The second-order valence-corrected chi connectivity index (χ2v) is 4.83. The summed E-state index contributed by atoms with van der Waals surface area (Å²) in [6.45, 7) is 0. The Morgan fingerprint density at radius 1 is 1.29 bits per heavy atom. The summed E-state index contributed by atoms with van der Waals surface area (Å²) >= 11 is 0. The SMILES string of the molecule is NC(=O)/C(=C1\CCc2cc(F)ccc21)C1CC1. The van der Waals surface area contributed by atoms with Gasteiger partial charge in [-0.3, -0.25) is 4.79 Å². The Kier molecular flexibility index (Phi) is 2.28. The maximum atomic E-state index is 13.1. The van der Waals surface area contributed by atoms with Crippen LogP contribution in [0.2, 0.25) is 0 Å². The molecule has 2 aliphatic rings. The first-order valence-corrected chi connectivity index (χ1v) is 5.98. The Labute approximate surface area is 99.3 Å². The molecule has 0 spiro atoms. The van der Waals surface area contributed by atoms with E-state index < -0.39 is 0 Å². The number of rotatable bonds is 2. The van der Waals surface area contributed by atoms with Gasteiger partial charge in [0.1, 0.15) is 5.82 Å². The van der Waals surface area contributed by atoms with Crippen molar-refractivity contribution in [2.75, 3.05) is 0 Å². The molecule has 1 fully saturated rings. The molecule has 0 saturated heterocycles. The highest BCUT2D eigenvalue weighted by molar-refractivity contribution is 6.02. The lowest BCUT2D eigenvalue weighted by Crippen LogP contribution is -2.16. The van der Waals surface area contributed by atoms with Crippen molar-refractivity contribution in [3.63, 3.8) is 0 Å². The van der Waals surface area contributed by atoms with E-state index in [1.165, 1.54) is 6.07 Å². The predicted molar refractivity (Wildman–Crippen MR) is 63.6 cm³/mol. The van der Waals surface area contributed by atoms with E-state index in [9.17, 15) is 9.18 Å². The number of hydrogen-bond acceptors (Lipinski definition) is 1. The first-order valence-electron chi connectivity index (χ1n) is 5.98. The summed E-state index contributed by atoms with van der Waals surface area (Å²) in [6.07, 6.45) is 3.73. The number of amides is 1. The first kappa shape index (κ1) is 10.5. The molecule has 0 atom stereocenters. The van der Waals surface area contributed by atoms with Gasteiger partial charge >= 0.3 is 0 Å². The van der Waals surface area contributed by atoms with Gasteiger partial charge in [-0.05, 0) is 60.4 Å². The number of primary amides is 1. The Morgan fingerprint density at radius 2 is 2.06 bits per heavy atom. The highest BCUT2D eigenvalue weighted by Crippen LogP contribution is 2.44. The lowest BCUT2D eigenvalue weighted by Gasteiger charge is -2.08. The number of allylic oxidation sites excluding steroid dienone is 1. The van der Waals surface area contributed by atoms with Gasteiger partial charge in [0, 0.05) is 5.57 Å². The summed E-state index contributed by atoms with van der Waals surface area (Å²) in [4.78, 5) is 11.5. The van der Waals surface area contributed by atoms with Crippen LogP contribution in [0.1, 0.15) is 30.4 Å². The fourth-order valence-corrected chi connectivity index (χ4v) is 2.71. The minimum atomic E-state index is -0.306. The van der Waals surface area contributed by atoms with E-state index >= 15 is 0 Å². The van der Waals surface area contributed by atoms with Crippen LogP contribution in [0.3, 0.4) is 0 Å². The van der Waals surface area contributed by atoms with Gasteiger partial charge in [0.05, 0.1) is 0 Å². The van der Waals surface area contributed by atoms with Crippen LogP contribution in [0.25, 0.3) is 5.57 Å². The van der Waals surface area contributed by atoms with Crippen molar-refractivity contribution in [2.24, 2.45) is 11.7 Å². The van der Waals surface area contributed by atoms with Crippen molar-refractivity contribution in [3.05, 3.63) is 40.7 Å². The lowest BCUT2D eigenvalue weighted by molar-refractivity contribution is -0.114. The zero-order valence-electron chi connectivity index (χ0n) is 9.50. The third-order valence-corrected chi connectivity index (χ3v) is 3.61. The molecule has 88 valence electrons. The van der Waals surface area contributed by atoms with Crippen LogP contribution in [-0.2, 0) is 11.2 Å². The van der Waals surface area contributed by atoms with E-state index in [0.717, 1.165) is 48.0 Å². The molecule has 0 bridgehead atoms. The van der Waals surface area contributed by atoms with Crippen LogP contribution >= 0.6 is 0 Å². The molecule has 0 aromatic heterocycles. The number of nitrogens with two attached hydrogens (primary N) is 1. The number of hydrogen-bond donors (Lipinski definition) is 1. The van der Waals surface area contributed by atoms with Crippen molar-refractivity contribution in [1.29, 1.82) is 0 Å². The average Bonchev–Trinajstić information content (AvgIpc) is 3.01. The van der Waals surface area contributed by atoms with Crippen LogP contribution in [0.4, 0.5) is 4.39 Å². The van der Waals surface area contributed by atoms with Crippen LogP contribution in [0, 0.1) is 11.7 Å². The van der Waals surface area contributed by atoms with E-state index in [4.69, 9.17) is 5.73 Å². The number of carbonyl (C=O) groups is 1. The highest BCUT2D eigenvalue weighted by atomic mass is 19.1. The van der Waals surface area contributed by atoms with Gasteiger partial charge in [-0.1, -0.05) is 6.07 Å². The molecule has 3 rings (SSSR count). The minimum Gasteiger partial charge on any atom is -0.366 e. The number of fused-ring (bicyclic) bond motifs is 1. The van der Waals surface area contributed by atoms with Gasteiger partial charge in [0.2, 0.25) is 5.91 Å². The Morgan fingerprint density at radius 3 is 2.71 bits per heavy atom. The maximum Gasteiger partial charge on any atom is 0.245 e. The number of carbonyl (C=O) groups excluding carboxylic acids is 1. The zero-order valence-corrected chi connectivity index (χ0v) is 9.50. The van der Waals surface area contributed by atoms with Gasteiger partial charge in [-0.25, -0.2) is 4.39 Å². The van der Waals surface area contributed by atoms with Crippen LogP contribution in [0.15, 0.2) is 23.8 Å². The average molecular weight is 231 g/mol. The zero-order chi connectivity index (χ0) is 12.0. The molecule has 1 aromatic rings. The minimum absolute atomic E-state index is 0.211. The summed E-state index contributed by atoms with van der Waals surface area (Å²) in [7, 11) is 0. The molecular formula is C14H14FNO. The van der Waals surface area contributed by atoms with E-state index in [2.05, 4.69) is 0 Å². The second-order valence-electron chi connectivity index (χ2n) is 4.83. The largest absolute Gasteiger partial charge is 0.366 e. The van der Waals surface area contributed by atoms with Gasteiger partial charge < -0.3 is 5.73 Å². The van der Waals surface area contributed by atoms with Crippen molar-refractivity contribution in [3.8, 4) is 0 Å². The maximum absolute atomic E-state index is 13.1. The third-order valence-electron chi connectivity index (χ3n) is 3.61. The van der Waals surface area contributed by atoms with Gasteiger partial charge in [0.15, 0.2) is 0 Å². The van der Waals surface area contributed by atoms with Gasteiger partial charge in [-0.2, -0.15) is 0 Å². The monoisotopic (exact) mass is 231 g/mol. The molecular weight excluding hydrogens is 217 g/mol. The van der Waals surface area contributed by atoms with Gasteiger partial charge in [-0.15, -0.1) is 0 Å². The molecule has 1 amide bonds. The molecule has 0 unspecified atom stereocenters. The predicted octanol–water partition coefficient (Wildman–Crippen LogP) is 2.42. The molecule has 2 nitrogen and oxygen atoms in total. The molecule has 0 heterocycles. The summed E-state index contributed by atoms with van der Waals surface area (Å²) in [5.41, 5.74) is 9.33. The number of aryl methyl sites for hydroxylation is 1. The summed E-state index contributed by atoms with van der Waals surface area (Å²) in [6, 6.07) is 4.79. The van der Waals surface area contributed by atoms with E-state index in [0.29, 0.717) is 5.92 Å². The molecule has 1 aromatic carbocycles. The van der Waals surface area contributed by atoms with Crippen molar-refractivity contribution in [1.82, 2.24) is 0 Å². The third kappa shape index (κ3) is 1.75. The Bertz CT molecular complexity index is 529. The first-order chi connectivity index (χ1) is 8.16. The molecule has 3 heteroatoms. The van der Waals surface area contributed by atoms with E-state index in [1.807, 2.05) is 0 Å². The van der Waals surface area contributed by atoms with Crippen molar-refractivity contribution in [2.45, 2.75) is 25.7 Å². The molecule has 0 radical (unpaired) electrons. The molecule has 0 aliphatic heterocycles. The Balaban J connectivity index is 2.12. The summed E-state index contributed by atoms with van der Waals surface area (Å²) in [5, 5.41) is 0. The fraction of sp³-hybridized carbons (Fsp3) is 0.357. The number of benzene rings is 1. The standard InChI is InChI=1S/C14H14FNO/c15-10-4-6-11-9(7-10)3-5-12(11)13(14(16)17)8-1-2-8/h4,6-8H,1-3,5H2,(H2,16,17)/b13-12+. The van der Waals surface area contributed by atoms with Crippen LogP contribution in [-0.4, -0.2) is 5.91 Å². The van der Waals surface area contributed by atoms with Crippen molar-refractivity contribution >= 4 is 11.5 Å². The highest BCUT2D eigenvalue weighted by Gasteiger charge is 2.34. The Hall–Kier alpha value is -1.64. The van der Waals surface area contributed by atoms with Crippen LogP contribution in [0.5, 0.6) is 0 Å². The molecule has 1 saturated carbocycles. The number of halogens is 1. The molecule has 17 heavy (non-hydrogen) atoms. The van der Waals surface area contributed by atoms with E-state index in [-0.39, 0.29) is 11.7 Å². The molecule has 2 aliphatic carbocycles. The quantitative estimate of drug-likeness (QED) is 0.780. The molecule has 2 N–H and O–H groups in total. The topological polar surface area (TPSA) is 43.1 Å². The van der Waals surface area contributed by atoms with E-state index in [1.54, 1.807) is 12.1 Å². The van der Waals surface area contributed by atoms with Crippen LogP contribution < -0.4 is 5.73 Å². The lowest BCUT2D eigenvalue weighted by atomic mass is 9.98. The second kappa shape index (κ2) is 3.69. The summed E-state index contributed by atoms with van der Waals surface area (Å²) < 4.78 is 13.1. The summed E-state index contributed by atoms with van der Waals surface area (Å²) in [5.74, 6) is -0.171. The van der Waals surface area contributed by atoms with Gasteiger partial charge in [0.25, 0.3) is 0 Å². The fourth-order valence-electron chi connectivity index (χ4n) is 2.71. The van der Waals surface area contributed by atoms with Crippen molar-refractivity contribution < 1.29 is 9.18 Å².